The molecule has 0 bridgehead atoms. The minimum Gasteiger partial charge on any atom is -0.392 e. The van der Waals surface area contributed by atoms with E-state index in [0.717, 1.165) is 21.0 Å². The summed E-state index contributed by atoms with van der Waals surface area (Å²) in [6, 6.07) is 2.02. The van der Waals surface area contributed by atoms with Crippen molar-refractivity contribution in [3.63, 3.8) is 0 Å². The fourth-order valence-electron chi connectivity index (χ4n) is 2.20. The monoisotopic (exact) mass is 315 g/mol. The summed E-state index contributed by atoms with van der Waals surface area (Å²) in [7, 11) is 0. The first kappa shape index (κ1) is 13.4. The number of thioether (sulfide) groups is 1. The highest BCUT2D eigenvalue weighted by molar-refractivity contribution is 9.10. The van der Waals surface area contributed by atoms with Gasteiger partial charge in [0.2, 0.25) is 0 Å². The molecule has 0 spiro atoms. The number of hydrogen-bond donors (Lipinski definition) is 1. The fourth-order valence-corrected chi connectivity index (χ4v) is 3.89. The Balaban J connectivity index is 1.74. The van der Waals surface area contributed by atoms with E-state index in [-0.39, 0.29) is 6.10 Å². The minimum absolute atomic E-state index is 0.253. The second-order valence-electron chi connectivity index (χ2n) is 4.61. The summed E-state index contributed by atoms with van der Waals surface area (Å²) in [6.07, 6.45) is 9.43. The van der Waals surface area contributed by atoms with Crippen molar-refractivity contribution in [1.29, 1.82) is 0 Å². The summed E-state index contributed by atoms with van der Waals surface area (Å²) < 4.78 is 0.977. The molecule has 94 valence electrons. The molecule has 1 fully saturated rings. The van der Waals surface area contributed by atoms with Gasteiger partial charge in [0, 0.05) is 34.3 Å². The van der Waals surface area contributed by atoms with E-state index in [1.807, 2.05) is 24.0 Å². The van der Waals surface area contributed by atoms with Crippen LogP contribution in [0.4, 0.5) is 0 Å². The lowest BCUT2D eigenvalue weighted by Crippen LogP contribution is -2.15. The molecule has 0 saturated heterocycles. The summed E-state index contributed by atoms with van der Waals surface area (Å²) in [4.78, 5) is 4.11. The van der Waals surface area contributed by atoms with Gasteiger partial charge in [0.25, 0.3) is 0 Å². The van der Waals surface area contributed by atoms with Crippen LogP contribution < -0.4 is 0 Å². The Morgan fingerprint density at radius 2 is 2.18 bits per heavy atom. The Kier molecular flexibility index (Phi) is 5.32. The zero-order valence-electron chi connectivity index (χ0n) is 9.81. The van der Waals surface area contributed by atoms with Gasteiger partial charge < -0.3 is 5.11 Å². The van der Waals surface area contributed by atoms with Gasteiger partial charge in [-0.2, -0.15) is 11.8 Å². The van der Waals surface area contributed by atoms with E-state index in [1.54, 1.807) is 6.20 Å². The lowest BCUT2D eigenvalue weighted by atomic mass is 10.1. The Hall–Kier alpha value is -0.0600. The Bertz CT molecular complexity index is 355. The Morgan fingerprint density at radius 3 is 2.88 bits per heavy atom. The molecule has 1 aliphatic rings. The molecule has 1 N–H and O–H groups in total. The van der Waals surface area contributed by atoms with Gasteiger partial charge in [0.1, 0.15) is 0 Å². The van der Waals surface area contributed by atoms with E-state index in [1.165, 1.54) is 25.7 Å². The predicted octanol–water partition coefficient (Wildman–Crippen LogP) is 3.42. The zero-order chi connectivity index (χ0) is 12.1. The van der Waals surface area contributed by atoms with Gasteiger partial charge in [-0.3, -0.25) is 4.98 Å². The van der Waals surface area contributed by atoms with E-state index in [2.05, 4.69) is 20.9 Å². The van der Waals surface area contributed by atoms with Crippen molar-refractivity contribution in [3.8, 4) is 0 Å². The number of rotatable bonds is 5. The molecule has 17 heavy (non-hydrogen) atoms. The molecule has 0 amide bonds. The quantitative estimate of drug-likeness (QED) is 0.903. The smallest absolute Gasteiger partial charge is 0.0671 e. The third-order valence-corrected chi connectivity index (χ3v) is 5.01. The van der Waals surface area contributed by atoms with Crippen molar-refractivity contribution in [3.05, 3.63) is 28.5 Å². The van der Waals surface area contributed by atoms with Gasteiger partial charge in [-0.25, -0.2) is 0 Å². The van der Waals surface area contributed by atoms with Crippen LogP contribution >= 0.6 is 27.7 Å². The highest BCUT2D eigenvalue weighted by Crippen LogP contribution is 2.30. The lowest BCUT2D eigenvalue weighted by molar-refractivity contribution is 0.200. The molecular formula is C13H18BrNOS. The summed E-state index contributed by atoms with van der Waals surface area (Å²) >= 11 is 5.33. The number of nitrogens with zero attached hydrogens (tertiary/aromatic N) is 1. The normalized spacial score (nSPS) is 18.5. The van der Waals surface area contributed by atoms with Crippen LogP contribution in [0, 0.1) is 0 Å². The van der Waals surface area contributed by atoms with Crippen LogP contribution in [0.5, 0.6) is 0 Å². The fraction of sp³-hybridized carbons (Fsp3) is 0.615. The number of halogens is 1. The van der Waals surface area contributed by atoms with Gasteiger partial charge in [-0.15, -0.1) is 0 Å². The van der Waals surface area contributed by atoms with E-state index in [9.17, 15) is 5.11 Å². The number of pyridine rings is 1. The SMILES string of the molecule is OC(CSC1CCCC1)Cc1cncc(Br)c1. The van der Waals surface area contributed by atoms with Gasteiger partial charge in [-0.1, -0.05) is 12.8 Å². The van der Waals surface area contributed by atoms with E-state index >= 15 is 0 Å². The molecule has 0 aromatic carbocycles. The second-order valence-corrected chi connectivity index (χ2v) is 6.86. The van der Waals surface area contributed by atoms with Gasteiger partial charge in [0.05, 0.1) is 6.10 Å². The van der Waals surface area contributed by atoms with E-state index in [0.29, 0.717) is 6.42 Å². The van der Waals surface area contributed by atoms with Crippen LogP contribution in [0.15, 0.2) is 22.9 Å². The molecule has 1 heterocycles. The van der Waals surface area contributed by atoms with Crippen molar-refractivity contribution in [2.45, 2.75) is 43.5 Å². The highest BCUT2D eigenvalue weighted by atomic mass is 79.9. The molecule has 2 nitrogen and oxygen atoms in total. The maximum atomic E-state index is 9.99. The molecule has 1 unspecified atom stereocenters. The molecule has 1 aromatic rings. The largest absolute Gasteiger partial charge is 0.392 e. The third kappa shape index (κ3) is 4.60. The number of aromatic nitrogens is 1. The standard InChI is InChI=1S/C13H18BrNOS/c14-11-5-10(7-15-8-11)6-12(16)9-17-13-3-1-2-4-13/h5,7-8,12-13,16H,1-4,6,9H2. The van der Waals surface area contributed by atoms with Gasteiger partial charge in [0.15, 0.2) is 0 Å². The Labute approximate surface area is 115 Å². The maximum Gasteiger partial charge on any atom is 0.0671 e. The average molecular weight is 316 g/mol. The molecular weight excluding hydrogens is 298 g/mol. The molecule has 0 aliphatic heterocycles. The summed E-state index contributed by atoms with van der Waals surface area (Å²) in [5.41, 5.74) is 1.10. The number of aliphatic hydroxyl groups is 1. The number of aliphatic hydroxyl groups excluding tert-OH is 1. The van der Waals surface area contributed by atoms with Crippen molar-refractivity contribution < 1.29 is 5.11 Å². The second kappa shape index (κ2) is 6.76. The van der Waals surface area contributed by atoms with Crippen molar-refractivity contribution in [2.24, 2.45) is 0 Å². The topological polar surface area (TPSA) is 33.1 Å². The van der Waals surface area contributed by atoms with Crippen molar-refractivity contribution >= 4 is 27.7 Å². The van der Waals surface area contributed by atoms with Crippen LogP contribution in [-0.4, -0.2) is 27.2 Å². The van der Waals surface area contributed by atoms with Crippen LogP contribution in [0.25, 0.3) is 0 Å². The highest BCUT2D eigenvalue weighted by Gasteiger charge is 2.17. The van der Waals surface area contributed by atoms with Crippen LogP contribution in [0.3, 0.4) is 0 Å². The van der Waals surface area contributed by atoms with Crippen LogP contribution in [-0.2, 0) is 6.42 Å². The average Bonchev–Trinajstić information content (AvgIpc) is 2.79. The van der Waals surface area contributed by atoms with Crippen LogP contribution in [0.2, 0.25) is 0 Å². The molecule has 1 aromatic heterocycles. The lowest BCUT2D eigenvalue weighted by Gasteiger charge is -2.13. The van der Waals surface area contributed by atoms with Crippen LogP contribution in [0.1, 0.15) is 31.2 Å². The summed E-state index contributed by atoms with van der Waals surface area (Å²) in [5.74, 6) is 0.844. The molecule has 1 atom stereocenters. The first-order chi connectivity index (χ1) is 8.24. The minimum atomic E-state index is -0.253. The van der Waals surface area contributed by atoms with Crippen molar-refractivity contribution in [1.82, 2.24) is 4.98 Å². The van der Waals surface area contributed by atoms with E-state index in [4.69, 9.17) is 0 Å². The molecule has 1 saturated carbocycles. The first-order valence-electron chi connectivity index (χ1n) is 6.13. The summed E-state index contributed by atoms with van der Waals surface area (Å²) in [5, 5.41) is 10.8. The molecule has 4 heteroatoms. The van der Waals surface area contributed by atoms with Crippen molar-refractivity contribution in [2.75, 3.05) is 5.75 Å². The zero-order valence-corrected chi connectivity index (χ0v) is 12.2. The first-order valence-corrected chi connectivity index (χ1v) is 7.97. The predicted molar refractivity (Wildman–Crippen MR) is 76.4 cm³/mol. The third-order valence-electron chi connectivity index (χ3n) is 3.06. The Morgan fingerprint density at radius 1 is 1.41 bits per heavy atom. The molecule has 0 radical (unpaired) electrons. The van der Waals surface area contributed by atoms with Gasteiger partial charge >= 0.3 is 0 Å². The summed E-state index contributed by atoms with van der Waals surface area (Å²) in [6.45, 7) is 0. The van der Waals surface area contributed by atoms with E-state index < -0.39 is 0 Å². The van der Waals surface area contributed by atoms with Gasteiger partial charge in [-0.05, 0) is 40.4 Å². The maximum absolute atomic E-state index is 9.99. The number of hydrogen-bond acceptors (Lipinski definition) is 3. The molecule has 1 aliphatic carbocycles. The molecule has 2 rings (SSSR count).